The molecule has 2 rings (SSSR count). The number of nitrogens with one attached hydrogen (secondary N) is 1. The third kappa shape index (κ3) is 4.08. The maximum absolute atomic E-state index is 11.5. The molecular weight excluding hydrogens is 304 g/mol. The van der Waals surface area contributed by atoms with Crippen molar-refractivity contribution in [2.75, 3.05) is 0 Å². The second-order valence-electron chi connectivity index (χ2n) is 4.37. The van der Waals surface area contributed by atoms with Crippen molar-refractivity contribution in [3.05, 3.63) is 71.6 Å². The highest BCUT2D eigenvalue weighted by atomic mass is 32.2. The topological polar surface area (TPSA) is 102 Å². The summed E-state index contributed by atoms with van der Waals surface area (Å²) in [4.78, 5) is 15.0. The van der Waals surface area contributed by atoms with E-state index in [0.717, 1.165) is 6.08 Å². The lowest BCUT2D eigenvalue weighted by atomic mass is 10.1. The van der Waals surface area contributed by atoms with E-state index in [1.165, 1.54) is 11.6 Å². The van der Waals surface area contributed by atoms with Crippen LogP contribution in [0.1, 0.15) is 22.1 Å². The van der Waals surface area contributed by atoms with Crippen LogP contribution in [0.4, 0.5) is 0 Å². The van der Waals surface area contributed by atoms with Crippen molar-refractivity contribution in [2.24, 2.45) is 0 Å². The van der Waals surface area contributed by atoms with Crippen LogP contribution >= 0.6 is 0 Å². The quantitative estimate of drug-likeness (QED) is 0.377. The molecule has 0 saturated heterocycles. The zero-order valence-electron chi connectivity index (χ0n) is 11.4. The number of rotatable bonds is 5. The molecule has 1 heterocycles. The van der Waals surface area contributed by atoms with E-state index < -0.39 is 22.2 Å². The lowest BCUT2D eigenvalue weighted by molar-refractivity contribution is -0.124. The summed E-state index contributed by atoms with van der Waals surface area (Å²) in [6.07, 6.45) is 4.20. The number of aromatic nitrogens is 1. The Hall–Kier alpha value is -2.35. The minimum atomic E-state index is -2.35. The number of hydroxylamine groups is 1. The average molecular weight is 317 g/mol. The number of carbonyl (C=O) groups is 1. The summed E-state index contributed by atoms with van der Waals surface area (Å²) >= 11 is -2.35. The van der Waals surface area contributed by atoms with Gasteiger partial charge in [0.2, 0.25) is 0 Å². The summed E-state index contributed by atoms with van der Waals surface area (Å²) in [6, 6.07) is 11.8. The van der Waals surface area contributed by atoms with Crippen molar-refractivity contribution in [3.63, 3.8) is 0 Å². The SMILES string of the molecule is O=C(C=Cc1ccc(C(c2ccccn2)S(=O)[O-])cc1)NO. The zero-order chi connectivity index (χ0) is 15.9. The second-order valence-corrected chi connectivity index (χ2v) is 5.36. The van der Waals surface area contributed by atoms with Crippen LogP contribution in [0.2, 0.25) is 0 Å². The molecule has 2 unspecified atom stereocenters. The standard InChI is InChI=1S/C15H14N2O4S/c18-14(17-19)9-6-11-4-7-12(8-5-11)15(22(20)21)13-3-1-2-10-16-13/h1-10,15,19H,(H,17,18)(H,20,21)/p-1. The van der Waals surface area contributed by atoms with Gasteiger partial charge in [0.05, 0.1) is 10.9 Å². The van der Waals surface area contributed by atoms with E-state index in [1.54, 1.807) is 48.7 Å². The number of amides is 1. The lowest BCUT2D eigenvalue weighted by Gasteiger charge is -2.19. The lowest BCUT2D eigenvalue weighted by Crippen LogP contribution is -2.14. The molecule has 0 spiro atoms. The van der Waals surface area contributed by atoms with Crippen molar-refractivity contribution >= 4 is 23.1 Å². The first-order chi connectivity index (χ1) is 10.6. The highest BCUT2D eigenvalue weighted by Crippen LogP contribution is 2.26. The van der Waals surface area contributed by atoms with Gasteiger partial charge < -0.3 is 4.55 Å². The Morgan fingerprint density at radius 1 is 1.27 bits per heavy atom. The van der Waals surface area contributed by atoms with Crippen molar-refractivity contribution < 1.29 is 18.8 Å². The minimum Gasteiger partial charge on any atom is -0.772 e. The molecule has 1 aromatic heterocycles. The molecule has 1 aromatic carbocycles. The maximum Gasteiger partial charge on any atom is 0.267 e. The maximum atomic E-state index is 11.5. The molecule has 0 bridgehead atoms. The fourth-order valence-corrected chi connectivity index (χ4v) is 2.62. The van der Waals surface area contributed by atoms with Gasteiger partial charge in [0, 0.05) is 12.3 Å². The normalized spacial score (nSPS) is 13.7. The van der Waals surface area contributed by atoms with Gasteiger partial charge in [-0.05, 0) is 40.4 Å². The Labute approximate surface area is 129 Å². The van der Waals surface area contributed by atoms with Gasteiger partial charge in [-0.15, -0.1) is 0 Å². The van der Waals surface area contributed by atoms with Crippen molar-refractivity contribution in [3.8, 4) is 0 Å². The van der Waals surface area contributed by atoms with Crippen molar-refractivity contribution in [1.29, 1.82) is 0 Å². The van der Waals surface area contributed by atoms with E-state index in [1.807, 2.05) is 0 Å². The van der Waals surface area contributed by atoms with Crippen LogP contribution in [0, 0.1) is 0 Å². The van der Waals surface area contributed by atoms with Gasteiger partial charge in [-0.2, -0.15) is 0 Å². The molecule has 0 radical (unpaired) electrons. The van der Waals surface area contributed by atoms with Crippen LogP contribution < -0.4 is 5.48 Å². The van der Waals surface area contributed by atoms with Gasteiger partial charge in [-0.1, -0.05) is 30.3 Å². The van der Waals surface area contributed by atoms with Gasteiger partial charge in [0.15, 0.2) is 0 Å². The number of nitrogens with zero attached hydrogens (tertiary/aromatic N) is 1. The van der Waals surface area contributed by atoms with E-state index in [0.29, 0.717) is 16.8 Å². The van der Waals surface area contributed by atoms with Gasteiger partial charge in [-0.25, -0.2) is 5.48 Å². The molecule has 7 heteroatoms. The Morgan fingerprint density at radius 3 is 2.55 bits per heavy atom. The summed E-state index contributed by atoms with van der Waals surface area (Å²) < 4.78 is 23.0. The van der Waals surface area contributed by atoms with Crippen LogP contribution in [0.25, 0.3) is 6.08 Å². The molecule has 2 atom stereocenters. The van der Waals surface area contributed by atoms with Gasteiger partial charge in [0.25, 0.3) is 5.91 Å². The van der Waals surface area contributed by atoms with Crippen LogP contribution in [-0.2, 0) is 15.9 Å². The average Bonchev–Trinajstić information content (AvgIpc) is 2.54. The fourth-order valence-electron chi connectivity index (χ4n) is 1.90. The molecule has 0 fully saturated rings. The molecule has 114 valence electrons. The van der Waals surface area contributed by atoms with E-state index in [-0.39, 0.29) is 0 Å². The van der Waals surface area contributed by atoms with Crippen LogP contribution in [0.15, 0.2) is 54.7 Å². The van der Waals surface area contributed by atoms with E-state index >= 15 is 0 Å². The van der Waals surface area contributed by atoms with Crippen molar-refractivity contribution in [1.82, 2.24) is 10.5 Å². The number of hydrogen-bond acceptors (Lipinski definition) is 5. The van der Waals surface area contributed by atoms with E-state index in [4.69, 9.17) is 5.21 Å². The Kier molecular flexibility index (Phi) is 5.54. The molecule has 0 aliphatic carbocycles. The first-order valence-corrected chi connectivity index (χ1v) is 7.46. The smallest absolute Gasteiger partial charge is 0.267 e. The number of benzene rings is 1. The summed E-state index contributed by atoms with van der Waals surface area (Å²) in [7, 11) is 0. The Bertz CT molecular complexity index is 686. The van der Waals surface area contributed by atoms with Crippen LogP contribution in [0.3, 0.4) is 0 Å². The Morgan fingerprint density at radius 2 is 2.00 bits per heavy atom. The van der Waals surface area contributed by atoms with E-state index in [2.05, 4.69) is 4.98 Å². The largest absolute Gasteiger partial charge is 0.772 e. The second kappa shape index (κ2) is 7.60. The third-order valence-electron chi connectivity index (χ3n) is 2.93. The number of hydrogen-bond donors (Lipinski definition) is 2. The van der Waals surface area contributed by atoms with Gasteiger partial charge in [-0.3, -0.25) is 19.2 Å². The molecule has 0 aliphatic rings. The highest BCUT2D eigenvalue weighted by molar-refractivity contribution is 7.79. The molecular formula is C15H13N2O4S-. The predicted molar refractivity (Wildman–Crippen MR) is 80.4 cm³/mol. The van der Waals surface area contributed by atoms with Crippen LogP contribution in [-0.4, -0.2) is 24.9 Å². The summed E-state index contributed by atoms with van der Waals surface area (Å²) in [5.41, 5.74) is 3.21. The highest BCUT2D eigenvalue weighted by Gasteiger charge is 2.15. The molecule has 22 heavy (non-hydrogen) atoms. The van der Waals surface area contributed by atoms with E-state index in [9.17, 15) is 13.6 Å². The Balaban J connectivity index is 2.26. The molecule has 2 N–H and O–H groups in total. The monoisotopic (exact) mass is 317 g/mol. The summed E-state index contributed by atoms with van der Waals surface area (Å²) in [5, 5.41) is 7.54. The zero-order valence-corrected chi connectivity index (χ0v) is 12.2. The first-order valence-electron chi connectivity index (χ1n) is 6.33. The molecule has 0 saturated carbocycles. The minimum absolute atomic E-state index is 0.443. The van der Waals surface area contributed by atoms with Crippen LogP contribution in [0.5, 0.6) is 0 Å². The van der Waals surface area contributed by atoms with Gasteiger partial charge >= 0.3 is 0 Å². The number of carbonyl (C=O) groups excluding carboxylic acids is 1. The number of pyridine rings is 1. The van der Waals surface area contributed by atoms with Gasteiger partial charge in [0.1, 0.15) is 0 Å². The molecule has 0 aliphatic heterocycles. The van der Waals surface area contributed by atoms with Crippen molar-refractivity contribution in [2.45, 2.75) is 5.25 Å². The molecule has 6 nitrogen and oxygen atoms in total. The fraction of sp³-hybridized carbons (Fsp3) is 0.0667. The first kappa shape index (κ1) is 16.0. The summed E-state index contributed by atoms with van der Waals surface area (Å²) in [5.74, 6) is -0.642. The third-order valence-corrected chi connectivity index (χ3v) is 3.82. The molecule has 1 amide bonds. The summed E-state index contributed by atoms with van der Waals surface area (Å²) in [6.45, 7) is 0. The molecule has 2 aromatic rings. The predicted octanol–water partition coefficient (Wildman–Crippen LogP) is 1.57.